The van der Waals surface area contributed by atoms with Crippen molar-refractivity contribution in [2.24, 2.45) is 46.8 Å². The molecule has 0 saturated heterocycles. The van der Waals surface area contributed by atoms with Crippen molar-refractivity contribution in [2.75, 3.05) is 0 Å². The standard InChI is InChI=1S/C16H26/c1-9(2)15-13-8-7-12-14-10(3)5-4-6-11(14)16(12,13)15/h9-15H,4-8H2,1-3H3. The lowest BCUT2D eigenvalue weighted by Gasteiger charge is -2.59. The predicted octanol–water partition coefficient (Wildman–Crippen LogP) is 4.35. The highest BCUT2D eigenvalue weighted by molar-refractivity contribution is 5.29. The van der Waals surface area contributed by atoms with Gasteiger partial charge in [-0.2, -0.15) is 0 Å². The lowest BCUT2D eigenvalue weighted by Crippen LogP contribution is -2.53. The summed E-state index contributed by atoms with van der Waals surface area (Å²) in [5.74, 6) is 7.82. The van der Waals surface area contributed by atoms with E-state index in [1.165, 1.54) is 30.6 Å². The number of fused-ring (bicyclic) bond motifs is 2. The van der Waals surface area contributed by atoms with Crippen LogP contribution in [0.5, 0.6) is 0 Å². The molecule has 4 aliphatic rings. The summed E-state index contributed by atoms with van der Waals surface area (Å²) in [7, 11) is 0. The van der Waals surface area contributed by atoms with Crippen molar-refractivity contribution in [3.05, 3.63) is 0 Å². The average molecular weight is 218 g/mol. The second kappa shape index (κ2) is 2.87. The summed E-state index contributed by atoms with van der Waals surface area (Å²) in [6.07, 6.45) is 7.84. The molecule has 0 aromatic carbocycles. The van der Waals surface area contributed by atoms with E-state index in [1.807, 2.05) is 0 Å². The smallest absolute Gasteiger partial charge is 0.0170 e. The largest absolute Gasteiger partial charge is 0.0625 e. The van der Waals surface area contributed by atoms with Crippen LogP contribution in [0.4, 0.5) is 0 Å². The highest BCUT2D eigenvalue weighted by Gasteiger charge is 2.82. The van der Waals surface area contributed by atoms with E-state index in [0.717, 1.165) is 29.1 Å². The highest BCUT2D eigenvalue weighted by Crippen LogP contribution is 2.87. The molecular weight excluding hydrogens is 192 g/mol. The summed E-state index contributed by atoms with van der Waals surface area (Å²) in [6, 6.07) is 0. The Morgan fingerprint density at radius 1 is 0.938 bits per heavy atom. The Labute approximate surface area is 100 Å². The normalized spacial score (nSPS) is 62.2. The third kappa shape index (κ3) is 0.842. The SMILES string of the molecule is CC(C)C1C2CCC3C4C(C)CCCC4C321. The van der Waals surface area contributed by atoms with Crippen LogP contribution in [-0.4, -0.2) is 0 Å². The van der Waals surface area contributed by atoms with E-state index in [0.29, 0.717) is 0 Å². The minimum atomic E-state index is 0.910. The van der Waals surface area contributed by atoms with Crippen LogP contribution in [0.2, 0.25) is 0 Å². The minimum absolute atomic E-state index is 0.910. The van der Waals surface area contributed by atoms with Gasteiger partial charge < -0.3 is 0 Å². The van der Waals surface area contributed by atoms with Crippen molar-refractivity contribution in [1.29, 1.82) is 0 Å². The summed E-state index contributed by atoms with van der Waals surface area (Å²) >= 11 is 0. The van der Waals surface area contributed by atoms with Gasteiger partial charge in [-0.15, -0.1) is 0 Å². The molecule has 16 heavy (non-hydrogen) atoms. The molecule has 0 N–H and O–H groups in total. The van der Waals surface area contributed by atoms with Crippen molar-refractivity contribution in [2.45, 2.75) is 52.9 Å². The molecule has 4 aliphatic carbocycles. The van der Waals surface area contributed by atoms with Gasteiger partial charge in [0.15, 0.2) is 0 Å². The first-order valence-corrected chi connectivity index (χ1v) is 7.69. The van der Waals surface area contributed by atoms with Crippen molar-refractivity contribution < 1.29 is 0 Å². The minimum Gasteiger partial charge on any atom is -0.0625 e. The molecule has 1 spiro atoms. The lowest BCUT2D eigenvalue weighted by atomic mass is 9.46. The zero-order chi connectivity index (χ0) is 11.1. The van der Waals surface area contributed by atoms with Gasteiger partial charge in [-0.1, -0.05) is 33.6 Å². The van der Waals surface area contributed by atoms with Crippen LogP contribution in [0.15, 0.2) is 0 Å². The molecule has 0 radical (unpaired) electrons. The molecule has 0 heteroatoms. The third-order valence-electron chi connectivity index (χ3n) is 7.10. The topological polar surface area (TPSA) is 0 Å². The molecule has 0 bridgehead atoms. The van der Waals surface area contributed by atoms with Crippen molar-refractivity contribution in [3.8, 4) is 0 Å². The first-order chi connectivity index (χ1) is 7.69. The lowest BCUT2D eigenvalue weighted by molar-refractivity contribution is -0.109. The molecule has 7 unspecified atom stereocenters. The molecule has 90 valence electrons. The van der Waals surface area contributed by atoms with Gasteiger partial charge in [0, 0.05) is 0 Å². The molecule has 4 rings (SSSR count). The van der Waals surface area contributed by atoms with Crippen molar-refractivity contribution in [1.82, 2.24) is 0 Å². The van der Waals surface area contributed by atoms with Crippen LogP contribution in [0.1, 0.15) is 52.9 Å². The maximum absolute atomic E-state index is 2.55. The maximum atomic E-state index is 2.55. The van der Waals surface area contributed by atoms with Crippen LogP contribution in [0, 0.1) is 46.8 Å². The molecule has 0 aromatic heterocycles. The van der Waals surface area contributed by atoms with E-state index in [4.69, 9.17) is 0 Å². The van der Waals surface area contributed by atoms with E-state index in [9.17, 15) is 0 Å². The molecule has 4 saturated carbocycles. The molecule has 0 aliphatic heterocycles. The van der Waals surface area contributed by atoms with Gasteiger partial charge in [0.05, 0.1) is 0 Å². The van der Waals surface area contributed by atoms with E-state index in [-0.39, 0.29) is 0 Å². The zero-order valence-corrected chi connectivity index (χ0v) is 11.1. The van der Waals surface area contributed by atoms with Gasteiger partial charge >= 0.3 is 0 Å². The predicted molar refractivity (Wildman–Crippen MR) is 67.0 cm³/mol. The highest BCUT2D eigenvalue weighted by atomic mass is 14.9. The Morgan fingerprint density at radius 2 is 1.62 bits per heavy atom. The van der Waals surface area contributed by atoms with E-state index in [2.05, 4.69) is 20.8 Å². The average Bonchev–Trinajstić information content (AvgIpc) is 2.83. The summed E-state index contributed by atoms with van der Waals surface area (Å²) < 4.78 is 0. The third-order valence-corrected chi connectivity index (χ3v) is 7.10. The van der Waals surface area contributed by atoms with Gasteiger partial charge in [0.25, 0.3) is 0 Å². The summed E-state index contributed by atoms with van der Waals surface area (Å²) in [5, 5.41) is 0. The van der Waals surface area contributed by atoms with Gasteiger partial charge in [0.1, 0.15) is 0 Å². The summed E-state index contributed by atoms with van der Waals surface area (Å²) in [6.45, 7) is 7.51. The quantitative estimate of drug-likeness (QED) is 0.614. The maximum Gasteiger partial charge on any atom is -0.0170 e. The van der Waals surface area contributed by atoms with Crippen LogP contribution < -0.4 is 0 Å². The second-order valence-corrected chi connectivity index (χ2v) is 7.65. The fourth-order valence-electron chi connectivity index (χ4n) is 7.04. The Bertz CT molecular complexity index is 318. The zero-order valence-electron chi connectivity index (χ0n) is 11.1. The van der Waals surface area contributed by atoms with Gasteiger partial charge in [-0.05, 0) is 66.1 Å². The van der Waals surface area contributed by atoms with Crippen molar-refractivity contribution >= 4 is 0 Å². The molecular formula is C16H26. The van der Waals surface area contributed by atoms with Crippen LogP contribution in [0.25, 0.3) is 0 Å². The van der Waals surface area contributed by atoms with Gasteiger partial charge in [-0.3, -0.25) is 0 Å². The first kappa shape index (κ1) is 9.97. The van der Waals surface area contributed by atoms with Crippen molar-refractivity contribution in [3.63, 3.8) is 0 Å². The second-order valence-electron chi connectivity index (χ2n) is 7.65. The number of hydrogen-bond donors (Lipinski definition) is 0. The van der Waals surface area contributed by atoms with Gasteiger partial charge in [0.2, 0.25) is 0 Å². The number of rotatable bonds is 1. The fourth-order valence-corrected chi connectivity index (χ4v) is 7.04. The molecule has 4 fully saturated rings. The first-order valence-electron chi connectivity index (χ1n) is 7.69. The monoisotopic (exact) mass is 218 g/mol. The van der Waals surface area contributed by atoms with Crippen LogP contribution >= 0.6 is 0 Å². The van der Waals surface area contributed by atoms with E-state index in [1.54, 1.807) is 19.3 Å². The summed E-state index contributed by atoms with van der Waals surface area (Å²) in [5.41, 5.74) is 0.910. The Hall–Kier alpha value is 0. The molecule has 0 aromatic rings. The molecule has 7 atom stereocenters. The van der Waals surface area contributed by atoms with Crippen LogP contribution in [0.3, 0.4) is 0 Å². The summed E-state index contributed by atoms with van der Waals surface area (Å²) in [4.78, 5) is 0. The Balaban J connectivity index is 1.66. The van der Waals surface area contributed by atoms with E-state index < -0.39 is 0 Å². The fraction of sp³-hybridized carbons (Fsp3) is 1.00. The molecule has 0 amide bonds. The number of hydrogen-bond acceptors (Lipinski definition) is 0. The van der Waals surface area contributed by atoms with Gasteiger partial charge in [-0.25, -0.2) is 0 Å². The van der Waals surface area contributed by atoms with E-state index >= 15 is 0 Å². The molecule has 0 nitrogen and oxygen atoms in total. The Kier molecular flexibility index (Phi) is 1.79. The van der Waals surface area contributed by atoms with Crippen LogP contribution in [-0.2, 0) is 0 Å². The Morgan fingerprint density at radius 3 is 2.31 bits per heavy atom. The molecule has 0 heterocycles.